The van der Waals surface area contributed by atoms with Gasteiger partial charge in [-0.2, -0.15) is 5.26 Å². The fourth-order valence-corrected chi connectivity index (χ4v) is 4.08. The summed E-state index contributed by atoms with van der Waals surface area (Å²) >= 11 is 0. The summed E-state index contributed by atoms with van der Waals surface area (Å²) < 4.78 is 0. The maximum Gasteiger partial charge on any atom is 0.223 e. The number of aromatic nitrogens is 3. The first-order valence-electron chi connectivity index (χ1n) is 9.12. The average Bonchev–Trinajstić information content (AvgIpc) is 3.30. The lowest BCUT2D eigenvalue weighted by molar-refractivity contribution is -0.129. The molecule has 1 aromatic carbocycles. The number of nitrogens with one attached hydrogen (secondary N) is 1. The normalized spacial score (nSPS) is 21.5. The number of nitriles is 1. The Kier molecular flexibility index (Phi) is 3.26. The Labute approximate surface area is 150 Å². The number of imidazole rings is 1. The lowest BCUT2D eigenvalue weighted by atomic mass is 10.1. The fraction of sp³-hybridized carbons (Fsp3) is 0.400. The number of pyridine rings is 1. The van der Waals surface area contributed by atoms with Crippen LogP contribution in [0.15, 0.2) is 24.4 Å². The number of nitrogens with zero attached hydrogens (tertiary/aromatic N) is 4. The van der Waals surface area contributed by atoms with E-state index in [1.54, 1.807) is 12.3 Å². The summed E-state index contributed by atoms with van der Waals surface area (Å²) in [5, 5.41) is 10.0. The minimum atomic E-state index is 0.0882. The van der Waals surface area contributed by atoms with Crippen LogP contribution in [0.1, 0.15) is 43.5 Å². The Balaban J connectivity index is 1.53. The van der Waals surface area contributed by atoms with Crippen molar-refractivity contribution in [2.75, 3.05) is 6.54 Å². The number of carbonyl (C=O) groups excluding carboxylic acids is 1. The van der Waals surface area contributed by atoms with E-state index in [1.807, 2.05) is 17.0 Å². The molecule has 1 N–H and O–H groups in total. The Morgan fingerprint density at radius 1 is 1.38 bits per heavy atom. The van der Waals surface area contributed by atoms with E-state index >= 15 is 0 Å². The van der Waals surface area contributed by atoms with Crippen molar-refractivity contribution in [3.63, 3.8) is 0 Å². The van der Waals surface area contributed by atoms with Crippen molar-refractivity contribution in [2.24, 2.45) is 5.92 Å². The van der Waals surface area contributed by atoms with E-state index in [0.29, 0.717) is 23.9 Å². The quantitative estimate of drug-likeness (QED) is 0.790. The van der Waals surface area contributed by atoms with E-state index in [-0.39, 0.29) is 11.8 Å². The minimum absolute atomic E-state index is 0.0882. The number of hydrogen-bond acceptors (Lipinski definition) is 4. The van der Waals surface area contributed by atoms with Gasteiger partial charge < -0.3 is 9.88 Å². The molecule has 0 bridgehead atoms. The summed E-state index contributed by atoms with van der Waals surface area (Å²) in [6, 6.07) is 7.94. The van der Waals surface area contributed by atoms with E-state index in [1.165, 1.54) is 12.8 Å². The molecular formula is C20H19N5O. The van der Waals surface area contributed by atoms with Gasteiger partial charge in [-0.3, -0.25) is 9.78 Å². The van der Waals surface area contributed by atoms with Gasteiger partial charge in [0, 0.05) is 30.3 Å². The highest BCUT2D eigenvalue weighted by Gasteiger charge is 2.40. The summed E-state index contributed by atoms with van der Waals surface area (Å²) in [7, 11) is 0. The molecule has 2 aromatic heterocycles. The monoisotopic (exact) mass is 345 g/mol. The minimum Gasteiger partial charge on any atom is -0.340 e. The van der Waals surface area contributed by atoms with E-state index in [4.69, 9.17) is 10.2 Å². The molecule has 5 rings (SSSR count). The Morgan fingerprint density at radius 3 is 3.00 bits per heavy atom. The number of H-pyrrole nitrogens is 1. The second kappa shape index (κ2) is 5.53. The van der Waals surface area contributed by atoms with Gasteiger partial charge >= 0.3 is 0 Å². The molecule has 1 saturated carbocycles. The number of carbonyl (C=O) groups is 1. The third-order valence-corrected chi connectivity index (χ3v) is 5.80. The van der Waals surface area contributed by atoms with Crippen LogP contribution in [-0.2, 0) is 4.79 Å². The van der Waals surface area contributed by atoms with Crippen LogP contribution < -0.4 is 0 Å². The van der Waals surface area contributed by atoms with Crippen molar-refractivity contribution in [3.8, 4) is 6.07 Å². The second-order valence-corrected chi connectivity index (χ2v) is 7.51. The van der Waals surface area contributed by atoms with Gasteiger partial charge in [0.25, 0.3) is 0 Å². The van der Waals surface area contributed by atoms with Crippen LogP contribution in [0.3, 0.4) is 0 Å². The van der Waals surface area contributed by atoms with Crippen molar-refractivity contribution in [1.82, 2.24) is 19.9 Å². The van der Waals surface area contributed by atoms with Crippen molar-refractivity contribution in [3.05, 3.63) is 35.8 Å². The van der Waals surface area contributed by atoms with Crippen LogP contribution in [0.5, 0.6) is 0 Å². The number of benzene rings is 1. The van der Waals surface area contributed by atoms with Gasteiger partial charge in [-0.15, -0.1) is 0 Å². The standard InChI is InChI=1S/C20H19N5O/c1-11(13-3-4-13)25-10-14(7-18(25)26)20-23-17-9-22-16-5-2-12(8-21)6-15(16)19(17)24-20/h2,5-6,9,11,13-14H,3-4,7,10H2,1H3,(H,23,24)/t11-,14?/m1/s1. The van der Waals surface area contributed by atoms with Crippen LogP contribution >= 0.6 is 0 Å². The summed E-state index contributed by atoms with van der Waals surface area (Å²) in [5.74, 6) is 1.83. The summed E-state index contributed by atoms with van der Waals surface area (Å²) in [6.07, 6.45) is 4.76. The van der Waals surface area contributed by atoms with Crippen molar-refractivity contribution in [2.45, 2.75) is 38.1 Å². The van der Waals surface area contributed by atoms with Crippen molar-refractivity contribution < 1.29 is 4.79 Å². The molecule has 1 saturated heterocycles. The topological polar surface area (TPSA) is 85.7 Å². The molecule has 1 amide bonds. The third-order valence-electron chi connectivity index (χ3n) is 5.80. The third kappa shape index (κ3) is 2.35. The van der Waals surface area contributed by atoms with Gasteiger partial charge in [-0.1, -0.05) is 0 Å². The zero-order valence-electron chi connectivity index (χ0n) is 14.6. The SMILES string of the molecule is C[C@H](C1CC1)N1CC(c2nc3c(cnc4ccc(C#N)cc43)[nH]2)CC1=O. The number of hydrogen-bond donors (Lipinski definition) is 1. The molecule has 1 aliphatic carbocycles. The van der Waals surface area contributed by atoms with Crippen LogP contribution in [0.4, 0.5) is 0 Å². The maximum absolute atomic E-state index is 12.5. The van der Waals surface area contributed by atoms with Crippen LogP contribution in [-0.4, -0.2) is 38.3 Å². The molecular weight excluding hydrogens is 326 g/mol. The first-order chi connectivity index (χ1) is 12.6. The zero-order valence-corrected chi connectivity index (χ0v) is 14.6. The van der Waals surface area contributed by atoms with Gasteiger partial charge in [-0.25, -0.2) is 4.98 Å². The van der Waals surface area contributed by atoms with Crippen LogP contribution in [0.25, 0.3) is 21.9 Å². The largest absolute Gasteiger partial charge is 0.340 e. The Bertz CT molecular complexity index is 1070. The van der Waals surface area contributed by atoms with Gasteiger partial charge in [0.1, 0.15) is 5.82 Å². The van der Waals surface area contributed by atoms with E-state index in [2.05, 4.69) is 23.0 Å². The molecule has 0 radical (unpaired) electrons. The Hall–Kier alpha value is -2.94. The molecule has 0 spiro atoms. The number of rotatable bonds is 3. The zero-order chi connectivity index (χ0) is 17.8. The molecule has 3 heterocycles. The first-order valence-corrected chi connectivity index (χ1v) is 9.12. The molecule has 130 valence electrons. The summed E-state index contributed by atoms with van der Waals surface area (Å²) in [4.78, 5) is 27.1. The number of likely N-dealkylation sites (tertiary alicyclic amines) is 1. The maximum atomic E-state index is 12.5. The smallest absolute Gasteiger partial charge is 0.223 e. The molecule has 3 aromatic rings. The first kappa shape index (κ1) is 15.3. The second-order valence-electron chi connectivity index (χ2n) is 7.51. The van der Waals surface area contributed by atoms with Gasteiger partial charge in [-0.05, 0) is 43.9 Å². The predicted octanol–water partition coefficient (Wildman–Crippen LogP) is 3.10. The number of aromatic amines is 1. The lowest BCUT2D eigenvalue weighted by Crippen LogP contribution is -2.35. The van der Waals surface area contributed by atoms with E-state index < -0.39 is 0 Å². The highest BCUT2D eigenvalue weighted by molar-refractivity contribution is 6.02. The predicted molar refractivity (Wildman–Crippen MR) is 97.4 cm³/mol. The summed E-state index contributed by atoms with van der Waals surface area (Å²) in [6.45, 7) is 2.89. The summed E-state index contributed by atoms with van der Waals surface area (Å²) in [5.41, 5.74) is 3.09. The van der Waals surface area contributed by atoms with Gasteiger partial charge in [0.15, 0.2) is 0 Å². The van der Waals surface area contributed by atoms with Crippen molar-refractivity contribution in [1.29, 1.82) is 5.26 Å². The molecule has 2 aliphatic rings. The average molecular weight is 345 g/mol. The lowest BCUT2D eigenvalue weighted by Gasteiger charge is -2.24. The van der Waals surface area contributed by atoms with Gasteiger partial charge in [0.2, 0.25) is 5.91 Å². The molecule has 2 fully saturated rings. The highest BCUT2D eigenvalue weighted by Crippen LogP contribution is 2.39. The molecule has 1 unspecified atom stereocenters. The molecule has 2 atom stereocenters. The fourth-order valence-electron chi connectivity index (χ4n) is 4.08. The molecule has 26 heavy (non-hydrogen) atoms. The Morgan fingerprint density at radius 2 is 2.23 bits per heavy atom. The number of fused-ring (bicyclic) bond motifs is 3. The molecule has 6 heteroatoms. The molecule has 1 aliphatic heterocycles. The van der Waals surface area contributed by atoms with Gasteiger partial charge in [0.05, 0.1) is 34.4 Å². The van der Waals surface area contributed by atoms with Crippen molar-refractivity contribution >= 4 is 27.8 Å². The highest BCUT2D eigenvalue weighted by atomic mass is 16.2. The van der Waals surface area contributed by atoms with E-state index in [0.717, 1.165) is 34.3 Å². The van der Waals surface area contributed by atoms with Crippen LogP contribution in [0, 0.1) is 17.2 Å². The number of amides is 1. The van der Waals surface area contributed by atoms with E-state index in [9.17, 15) is 4.79 Å². The van der Waals surface area contributed by atoms with Crippen LogP contribution in [0.2, 0.25) is 0 Å². The molecule has 6 nitrogen and oxygen atoms in total.